The molecule has 310 valence electrons. The number of fused-ring (bicyclic) bond motifs is 3. The van der Waals surface area contributed by atoms with Crippen molar-refractivity contribution in [1.29, 1.82) is 0 Å². The van der Waals surface area contributed by atoms with E-state index in [0.717, 1.165) is 36.1 Å². The number of carboxylic acids is 2. The average Bonchev–Trinajstić information content (AvgIpc) is 3.49. The fraction of sp³-hybridized carbons (Fsp3) is 0.429. The van der Waals surface area contributed by atoms with E-state index in [1.807, 2.05) is 76.2 Å². The Morgan fingerprint density at radius 3 is 1.95 bits per heavy atom. The van der Waals surface area contributed by atoms with Crippen LogP contribution >= 0.6 is 0 Å². The van der Waals surface area contributed by atoms with Gasteiger partial charge in [-0.1, -0.05) is 82.3 Å². The Labute approximate surface area is 332 Å². The topological polar surface area (TPSA) is 224 Å². The van der Waals surface area contributed by atoms with Gasteiger partial charge in [-0.25, -0.2) is 4.79 Å². The number of alkyl carbamates (subject to hydrolysis) is 1. The molecule has 2 amide bonds. The van der Waals surface area contributed by atoms with Crippen LogP contribution in [0.3, 0.4) is 0 Å². The lowest BCUT2D eigenvalue weighted by Crippen LogP contribution is -2.45. The normalized spacial score (nSPS) is 16.7. The van der Waals surface area contributed by atoms with Crippen molar-refractivity contribution in [3.63, 3.8) is 0 Å². The van der Waals surface area contributed by atoms with Crippen LogP contribution in [-0.4, -0.2) is 82.7 Å². The van der Waals surface area contributed by atoms with Gasteiger partial charge < -0.3 is 44.9 Å². The molecule has 3 aromatic carbocycles. The quantitative estimate of drug-likeness (QED) is 0.127. The molecule has 57 heavy (non-hydrogen) atoms. The van der Waals surface area contributed by atoms with Crippen LogP contribution < -0.4 is 15.4 Å². The molecule has 4 atom stereocenters. The molecule has 0 bridgehead atoms. The number of Topliss-reactive ketones (excluding diaryl/α,β-unsaturated/α-hetero) is 1. The Kier molecular flexibility index (Phi) is 19.9. The third-order valence-electron chi connectivity index (χ3n) is 8.49. The van der Waals surface area contributed by atoms with Crippen LogP contribution in [0.5, 0.6) is 5.75 Å². The number of amides is 2. The summed E-state index contributed by atoms with van der Waals surface area (Å²) in [4.78, 5) is 68.2. The second-order valence-electron chi connectivity index (χ2n) is 12.8. The fourth-order valence-corrected chi connectivity index (χ4v) is 5.97. The van der Waals surface area contributed by atoms with Gasteiger partial charge in [-0.05, 0) is 46.4 Å². The first kappa shape index (κ1) is 47.4. The molecule has 0 radical (unpaired) electrons. The molecule has 1 aliphatic heterocycles. The summed E-state index contributed by atoms with van der Waals surface area (Å²) in [6, 6.07) is 20.7. The van der Waals surface area contributed by atoms with Crippen molar-refractivity contribution >= 4 is 41.4 Å². The van der Waals surface area contributed by atoms with E-state index in [1.165, 1.54) is 13.0 Å². The highest BCUT2D eigenvalue weighted by Gasteiger charge is 2.38. The largest absolute Gasteiger partial charge is 0.481 e. The molecule has 1 fully saturated rings. The average molecular weight is 795 g/mol. The van der Waals surface area contributed by atoms with Crippen LogP contribution in [0, 0.1) is 5.92 Å². The van der Waals surface area contributed by atoms with E-state index in [0.29, 0.717) is 12.0 Å². The van der Waals surface area contributed by atoms with E-state index >= 15 is 0 Å². The van der Waals surface area contributed by atoms with Crippen LogP contribution in [0.25, 0.3) is 11.1 Å². The number of hydrogen-bond acceptors (Lipinski definition) is 11. The number of hydrogen-bond donors (Lipinski definition) is 5. The number of aliphatic hydroxyl groups is 1. The summed E-state index contributed by atoms with van der Waals surface area (Å²) in [5.41, 5.74) is 5.10. The van der Waals surface area contributed by atoms with E-state index in [4.69, 9.17) is 38.7 Å². The molecule has 3 aromatic rings. The van der Waals surface area contributed by atoms with Gasteiger partial charge in [-0.2, -0.15) is 0 Å². The minimum absolute atomic E-state index is 0.105. The first-order valence-electron chi connectivity index (χ1n) is 18.7. The first-order chi connectivity index (χ1) is 27.1. The maximum atomic E-state index is 13.0. The number of anilines is 1. The number of carbonyl (C=O) groups is 6. The zero-order valence-electron chi connectivity index (χ0n) is 33.4. The maximum absolute atomic E-state index is 13.0. The summed E-state index contributed by atoms with van der Waals surface area (Å²) in [7, 11) is 0. The molecule has 2 aliphatic rings. The molecule has 0 saturated carbocycles. The second kappa shape index (κ2) is 24.0. The van der Waals surface area contributed by atoms with Crippen molar-refractivity contribution in [2.45, 2.75) is 98.8 Å². The SMILES string of the molecule is CC.CC(=O)O.CC(=O)O.CCC(C)C(=O)C1CC(OC(C)=O)CC(Oc2ccc(CO)cc2NC(=O)CNC(=O)OCC2c3ccccc3-c3ccccc32)O1. The Bertz CT molecular complexity index is 1760. The molecular formula is C42H54N2O13. The number of rotatable bonds is 12. The van der Waals surface area contributed by atoms with Crippen molar-refractivity contribution in [2.75, 3.05) is 18.5 Å². The Balaban J connectivity index is 0.00000101. The fourth-order valence-electron chi connectivity index (χ4n) is 5.97. The summed E-state index contributed by atoms with van der Waals surface area (Å²) >= 11 is 0. The number of aliphatic carboxylic acids is 2. The molecule has 5 N–H and O–H groups in total. The molecule has 0 aromatic heterocycles. The number of ketones is 1. The van der Waals surface area contributed by atoms with Gasteiger partial charge in [0.2, 0.25) is 12.2 Å². The molecule has 1 saturated heterocycles. The molecule has 0 spiro atoms. The lowest BCUT2D eigenvalue weighted by atomic mass is 9.93. The van der Waals surface area contributed by atoms with Gasteiger partial charge >= 0.3 is 12.1 Å². The van der Waals surface area contributed by atoms with Crippen molar-refractivity contribution in [3.05, 3.63) is 83.4 Å². The van der Waals surface area contributed by atoms with Crippen LogP contribution in [0.15, 0.2) is 66.7 Å². The number of ether oxygens (including phenoxy) is 4. The van der Waals surface area contributed by atoms with E-state index in [2.05, 4.69) is 10.6 Å². The summed E-state index contributed by atoms with van der Waals surface area (Å²) in [6.07, 6.45) is -2.11. The van der Waals surface area contributed by atoms with E-state index < -0.39 is 48.4 Å². The zero-order valence-corrected chi connectivity index (χ0v) is 33.4. The highest BCUT2D eigenvalue weighted by atomic mass is 16.7. The van der Waals surface area contributed by atoms with Crippen molar-refractivity contribution in [1.82, 2.24) is 5.32 Å². The Hall–Kier alpha value is -5.80. The smallest absolute Gasteiger partial charge is 0.407 e. The number of carboxylic acid groups (broad SMARTS) is 2. The van der Waals surface area contributed by atoms with Crippen LogP contribution in [-0.2, 0) is 44.8 Å². The molecule has 1 aliphatic carbocycles. The molecule has 15 nitrogen and oxygen atoms in total. The molecule has 5 rings (SSSR count). The van der Waals surface area contributed by atoms with Gasteiger partial charge in [0.1, 0.15) is 31.1 Å². The van der Waals surface area contributed by atoms with Crippen molar-refractivity contribution in [3.8, 4) is 16.9 Å². The highest BCUT2D eigenvalue weighted by Crippen LogP contribution is 2.44. The van der Waals surface area contributed by atoms with Gasteiger partial charge in [-0.3, -0.25) is 24.0 Å². The third kappa shape index (κ3) is 15.3. The molecule has 4 unspecified atom stereocenters. The van der Waals surface area contributed by atoms with E-state index in [1.54, 1.807) is 12.1 Å². The van der Waals surface area contributed by atoms with E-state index in [-0.39, 0.29) is 61.7 Å². The standard InChI is InChI=1S/C36H40N2O9.2C2H4O2.C2H6/c1-4-21(2)35(42)32-16-24(45-22(3)40)17-34(47-32)46-31-14-13-23(19-39)15-30(31)38-33(41)18-37-36(43)44-20-29-27-11-7-5-9-25(27)26-10-6-8-12-28(26)29;2*1-2(3)4;1-2/h5-15,21,24,29,32,34,39H,4,16-20H2,1-3H3,(H,37,43)(H,38,41);2*1H3,(H,3,4);1-2H3. The molecule has 15 heteroatoms. The van der Waals surface area contributed by atoms with Gasteiger partial charge in [0.05, 0.1) is 12.3 Å². The second-order valence-corrected chi connectivity index (χ2v) is 12.8. The summed E-state index contributed by atoms with van der Waals surface area (Å²) in [5.74, 6) is -2.98. The van der Waals surface area contributed by atoms with Crippen LogP contribution in [0.1, 0.15) is 90.3 Å². The predicted octanol–water partition coefficient (Wildman–Crippen LogP) is 6.29. The summed E-state index contributed by atoms with van der Waals surface area (Å²) < 4.78 is 23.0. The van der Waals surface area contributed by atoms with Gasteiger partial charge in [-0.15, -0.1) is 0 Å². The first-order valence-corrected chi connectivity index (χ1v) is 18.7. The van der Waals surface area contributed by atoms with Crippen molar-refractivity contribution in [2.24, 2.45) is 5.92 Å². The van der Waals surface area contributed by atoms with Gasteiger partial charge in [0.15, 0.2) is 5.78 Å². The Morgan fingerprint density at radius 2 is 1.42 bits per heavy atom. The van der Waals surface area contributed by atoms with Crippen molar-refractivity contribution < 1.29 is 63.0 Å². The number of benzene rings is 3. The minimum atomic E-state index is -0.958. The summed E-state index contributed by atoms with van der Waals surface area (Å²) in [6.45, 7) is 10.6. The predicted molar refractivity (Wildman–Crippen MR) is 211 cm³/mol. The third-order valence-corrected chi connectivity index (χ3v) is 8.49. The number of carbonyl (C=O) groups excluding carboxylic acids is 4. The zero-order chi connectivity index (χ0) is 42.7. The number of nitrogens with one attached hydrogen (secondary N) is 2. The lowest BCUT2D eigenvalue weighted by molar-refractivity contribution is -0.194. The molecule has 1 heterocycles. The van der Waals surface area contributed by atoms with Crippen LogP contribution in [0.4, 0.5) is 10.5 Å². The summed E-state index contributed by atoms with van der Waals surface area (Å²) in [5, 5.41) is 29.7. The highest BCUT2D eigenvalue weighted by molar-refractivity contribution is 5.95. The number of esters is 1. The van der Waals surface area contributed by atoms with E-state index in [9.17, 15) is 24.3 Å². The monoisotopic (exact) mass is 794 g/mol. The maximum Gasteiger partial charge on any atom is 0.407 e. The van der Waals surface area contributed by atoms with Gasteiger partial charge in [0.25, 0.3) is 11.9 Å². The van der Waals surface area contributed by atoms with Gasteiger partial charge in [0, 0.05) is 45.4 Å². The van der Waals surface area contributed by atoms with Crippen LogP contribution in [0.2, 0.25) is 0 Å². The molecular weight excluding hydrogens is 740 g/mol. The minimum Gasteiger partial charge on any atom is -0.481 e. The number of aliphatic hydroxyl groups excluding tert-OH is 1. The Morgan fingerprint density at radius 1 is 0.860 bits per heavy atom. The lowest BCUT2D eigenvalue weighted by Gasteiger charge is -2.35.